The van der Waals surface area contributed by atoms with E-state index in [2.05, 4.69) is 4.98 Å². The van der Waals surface area contributed by atoms with Gasteiger partial charge in [-0.25, -0.2) is 4.98 Å². The second kappa shape index (κ2) is 2.84. The number of nitrogen functional groups attached to an aromatic ring is 1. The normalized spacial score (nSPS) is 12.2. The molecule has 0 saturated carbocycles. The quantitative estimate of drug-likeness (QED) is 0.690. The van der Waals surface area contributed by atoms with Crippen LogP contribution in [0.4, 0.5) is 18.9 Å². The number of fused-ring (bicyclic) bond motifs is 1. The number of nitrogens with two attached hydrogens (primary N) is 1. The van der Waals surface area contributed by atoms with Gasteiger partial charge in [-0.1, -0.05) is 6.07 Å². The number of aromatic nitrogens is 1. The lowest BCUT2D eigenvalue weighted by Gasteiger charge is -1.98. The van der Waals surface area contributed by atoms with Gasteiger partial charge < -0.3 is 5.73 Å². The van der Waals surface area contributed by atoms with Crippen molar-refractivity contribution in [2.75, 3.05) is 5.73 Å². The van der Waals surface area contributed by atoms with Crippen molar-refractivity contribution in [1.29, 1.82) is 0 Å². The summed E-state index contributed by atoms with van der Waals surface area (Å²) in [5, 5.41) is -0.856. The van der Waals surface area contributed by atoms with Crippen LogP contribution >= 0.6 is 11.3 Å². The molecule has 0 spiro atoms. The number of hydrogen-bond donors (Lipinski definition) is 1. The Morgan fingerprint density at radius 1 is 1.29 bits per heavy atom. The number of thiazole rings is 1. The first kappa shape index (κ1) is 9.26. The van der Waals surface area contributed by atoms with E-state index in [1.165, 1.54) is 6.07 Å². The summed E-state index contributed by atoms with van der Waals surface area (Å²) >= 11 is 0.570. The van der Waals surface area contributed by atoms with Gasteiger partial charge in [0.1, 0.15) is 0 Å². The van der Waals surface area contributed by atoms with Crippen molar-refractivity contribution in [3.05, 3.63) is 23.2 Å². The van der Waals surface area contributed by atoms with E-state index >= 15 is 0 Å². The van der Waals surface area contributed by atoms with E-state index in [9.17, 15) is 13.2 Å². The Hall–Kier alpha value is -1.30. The molecule has 0 atom stereocenters. The number of anilines is 1. The van der Waals surface area contributed by atoms with Crippen molar-refractivity contribution < 1.29 is 13.2 Å². The zero-order valence-corrected chi connectivity index (χ0v) is 7.62. The maximum atomic E-state index is 12.3. The molecule has 74 valence electrons. The van der Waals surface area contributed by atoms with E-state index in [0.717, 1.165) is 0 Å². The third kappa shape index (κ3) is 1.41. The Bertz CT molecular complexity index is 475. The molecular formula is C8H5F3N2S. The Morgan fingerprint density at radius 3 is 2.57 bits per heavy atom. The van der Waals surface area contributed by atoms with Crippen molar-refractivity contribution in [3.63, 3.8) is 0 Å². The molecule has 0 unspecified atom stereocenters. The fraction of sp³-hybridized carbons (Fsp3) is 0.125. The van der Waals surface area contributed by atoms with Crippen molar-refractivity contribution in [3.8, 4) is 0 Å². The maximum Gasteiger partial charge on any atom is 0.443 e. The van der Waals surface area contributed by atoms with Gasteiger partial charge in [-0.3, -0.25) is 0 Å². The van der Waals surface area contributed by atoms with Gasteiger partial charge >= 0.3 is 6.18 Å². The highest BCUT2D eigenvalue weighted by Gasteiger charge is 2.35. The molecule has 14 heavy (non-hydrogen) atoms. The van der Waals surface area contributed by atoms with Gasteiger partial charge in [-0.15, -0.1) is 11.3 Å². The molecule has 0 fully saturated rings. The van der Waals surface area contributed by atoms with Gasteiger partial charge in [0.05, 0.1) is 15.9 Å². The molecule has 0 aliphatic rings. The molecule has 2 nitrogen and oxygen atoms in total. The molecule has 2 N–H and O–H groups in total. The van der Waals surface area contributed by atoms with Crippen LogP contribution in [0.15, 0.2) is 18.2 Å². The second-order valence-corrected chi connectivity index (χ2v) is 3.71. The molecule has 6 heteroatoms. The summed E-state index contributed by atoms with van der Waals surface area (Å²) in [7, 11) is 0. The summed E-state index contributed by atoms with van der Waals surface area (Å²) in [4.78, 5) is 3.46. The summed E-state index contributed by atoms with van der Waals surface area (Å²) in [5.41, 5.74) is 6.14. The van der Waals surface area contributed by atoms with Crippen molar-refractivity contribution >= 4 is 27.2 Å². The van der Waals surface area contributed by atoms with E-state index < -0.39 is 11.2 Å². The van der Waals surface area contributed by atoms with Gasteiger partial charge in [0.15, 0.2) is 5.01 Å². The minimum Gasteiger partial charge on any atom is -0.398 e. The Kier molecular flexibility index (Phi) is 1.88. The fourth-order valence-electron chi connectivity index (χ4n) is 1.09. The Labute approximate surface area is 81.2 Å². The van der Waals surface area contributed by atoms with Crippen LogP contribution in [-0.2, 0) is 6.18 Å². The lowest BCUT2D eigenvalue weighted by molar-refractivity contribution is -0.137. The highest BCUT2D eigenvalue weighted by atomic mass is 32.1. The first-order valence-electron chi connectivity index (χ1n) is 3.71. The fourth-order valence-corrected chi connectivity index (χ4v) is 1.95. The summed E-state index contributed by atoms with van der Waals surface area (Å²) in [6, 6.07) is 4.65. The average Bonchev–Trinajstić information content (AvgIpc) is 2.48. The number of nitrogens with zero attached hydrogens (tertiary/aromatic N) is 1. The molecule has 1 aromatic heterocycles. The van der Waals surface area contributed by atoms with E-state index in [0.29, 0.717) is 27.2 Å². The Balaban J connectivity index is 2.69. The van der Waals surface area contributed by atoms with Crippen molar-refractivity contribution in [1.82, 2.24) is 4.98 Å². The summed E-state index contributed by atoms with van der Waals surface area (Å²) < 4.78 is 37.2. The van der Waals surface area contributed by atoms with E-state index in [4.69, 9.17) is 5.73 Å². The third-order valence-corrected chi connectivity index (χ3v) is 2.85. The zero-order chi connectivity index (χ0) is 10.3. The molecule has 2 rings (SSSR count). The smallest absolute Gasteiger partial charge is 0.398 e. The standard InChI is InChI=1S/C8H5F3N2S/c9-8(10,11)7-13-5-3-1-2-4(12)6(5)14-7/h1-3H,12H2. The number of alkyl halides is 3. The van der Waals surface area contributed by atoms with Gasteiger partial charge in [-0.2, -0.15) is 13.2 Å². The van der Waals surface area contributed by atoms with Crippen molar-refractivity contribution in [2.24, 2.45) is 0 Å². The summed E-state index contributed by atoms with van der Waals surface area (Å²) in [6.45, 7) is 0. The second-order valence-electron chi connectivity index (χ2n) is 2.71. The first-order chi connectivity index (χ1) is 6.48. The summed E-state index contributed by atoms with van der Waals surface area (Å²) in [6.07, 6.45) is -4.39. The highest BCUT2D eigenvalue weighted by Crippen LogP contribution is 2.37. The van der Waals surface area contributed by atoms with Crippen LogP contribution in [0.3, 0.4) is 0 Å². The molecule has 0 saturated heterocycles. The van der Waals surface area contributed by atoms with Gasteiger partial charge in [0.2, 0.25) is 0 Å². The monoisotopic (exact) mass is 218 g/mol. The largest absolute Gasteiger partial charge is 0.443 e. The molecule has 1 heterocycles. The molecule has 0 radical (unpaired) electrons. The zero-order valence-electron chi connectivity index (χ0n) is 6.80. The van der Waals surface area contributed by atoms with Crippen LogP contribution in [0.25, 0.3) is 10.2 Å². The third-order valence-electron chi connectivity index (χ3n) is 1.69. The average molecular weight is 218 g/mol. The lowest BCUT2D eigenvalue weighted by Crippen LogP contribution is -2.03. The molecule has 0 bridgehead atoms. The predicted octanol–water partition coefficient (Wildman–Crippen LogP) is 2.90. The molecule has 0 amide bonds. The van der Waals surface area contributed by atoms with E-state index in [-0.39, 0.29) is 0 Å². The van der Waals surface area contributed by atoms with Crippen LogP contribution in [0.1, 0.15) is 5.01 Å². The Morgan fingerprint density at radius 2 is 2.00 bits per heavy atom. The van der Waals surface area contributed by atoms with Crippen LogP contribution < -0.4 is 5.73 Å². The van der Waals surface area contributed by atoms with Crippen LogP contribution in [0, 0.1) is 0 Å². The maximum absolute atomic E-state index is 12.3. The minimum atomic E-state index is -4.39. The highest BCUT2D eigenvalue weighted by molar-refractivity contribution is 7.19. The first-order valence-corrected chi connectivity index (χ1v) is 4.52. The molecular weight excluding hydrogens is 213 g/mol. The molecule has 0 aliphatic carbocycles. The molecule has 2 aromatic rings. The predicted molar refractivity (Wildman–Crippen MR) is 49.0 cm³/mol. The topological polar surface area (TPSA) is 38.9 Å². The van der Waals surface area contributed by atoms with Crippen LogP contribution in [-0.4, -0.2) is 4.98 Å². The lowest BCUT2D eigenvalue weighted by atomic mass is 10.3. The minimum absolute atomic E-state index is 0.294. The van der Waals surface area contributed by atoms with Crippen molar-refractivity contribution in [2.45, 2.75) is 6.18 Å². The van der Waals surface area contributed by atoms with Gasteiger partial charge in [0.25, 0.3) is 0 Å². The van der Waals surface area contributed by atoms with Gasteiger partial charge in [0, 0.05) is 0 Å². The van der Waals surface area contributed by atoms with Crippen LogP contribution in [0.2, 0.25) is 0 Å². The van der Waals surface area contributed by atoms with Crippen LogP contribution in [0.5, 0.6) is 0 Å². The molecule has 0 aliphatic heterocycles. The number of hydrogen-bond acceptors (Lipinski definition) is 3. The number of halogens is 3. The van der Waals surface area contributed by atoms with E-state index in [1.54, 1.807) is 12.1 Å². The van der Waals surface area contributed by atoms with Gasteiger partial charge in [-0.05, 0) is 12.1 Å². The molecule has 1 aromatic carbocycles. The SMILES string of the molecule is Nc1cccc2nc(C(F)(F)F)sc12. The summed E-state index contributed by atoms with van der Waals surface area (Å²) in [5.74, 6) is 0. The van der Waals surface area contributed by atoms with E-state index in [1.807, 2.05) is 0 Å². The number of rotatable bonds is 0. The number of benzene rings is 1.